The fourth-order valence-corrected chi connectivity index (χ4v) is 1.11. The number of hydrogen-bond acceptors (Lipinski definition) is 2. The van der Waals surface area contributed by atoms with E-state index >= 15 is 0 Å². The van der Waals surface area contributed by atoms with Crippen molar-refractivity contribution in [2.24, 2.45) is 0 Å². The second-order valence-electron chi connectivity index (χ2n) is 2.32. The summed E-state index contributed by atoms with van der Waals surface area (Å²) in [6, 6.07) is 7.46. The molecule has 0 atom stereocenters. The summed E-state index contributed by atoms with van der Waals surface area (Å²) >= 11 is 0. The van der Waals surface area contributed by atoms with Gasteiger partial charge >= 0.3 is 0 Å². The van der Waals surface area contributed by atoms with Crippen LogP contribution in [0.5, 0.6) is 5.75 Å². The Balaban J connectivity index is 0.000000396. The maximum Gasteiger partial charge on any atom is 0.216 e. The number of nitrogens with zero attached hydrogens (tertiary/aromatic N) is 1. The van der Waals surface area contributed by atoms with Gasteiger partial charge < -0.3 is 4.74 Å². The smallest absolute Gasteiger partial charge is 0.216 e. The molecule has 1 aromatic rings. The fourth-order valence-electron chi connectivity index (χ4n) is 1.11. The average Bonchev–Trinajstić information content (AvgIpc) is 2.64. The highest BCUT2D eigenvalue weighted by Gasteiger charge is 2.17. The molecule has 0 N–H and O–H groups in total. The Kier molecular flexibility index (Phi) is 3.31. The minimum absolute atomic E-state index is 0.336. The molecule has 1 aromatic carbocycles. The van der Waals surface area contributed by atoms with Gasteiger partial charge in [0.05, 0.1) is 5.69 Å². The molecule has 1 aliphatic heterocycles. The monoisotopic (exact) mass is 179 g/mol. The Morgan fingerprint density at radius 2 is 2.08 bits per heavy atom. The van der Waals surface area contributed by atoms with Crippen molar-refractivity contribution in [1.29, 1.82) is 0 Å². The van der Waals surface area contributed by atoms with Crippen LogP contribution in [0.3, 0.4) is 0 Å². The van der Waals surface area contributed by atoms with E-state index in [2.05, 4.69) is 0 Å². The van der Waals surface area contributed by atoms with Crippen LogP contribution in [-0.2, 0) is 4.79 Å². The van der Waals surface area contributed by atoms with Gasteiger partial charge in [0.2, 0.25) is 6.41 Å². The molecule has 0 aromatic heterocycles. The van der Waals surface area contributed by atoms with Gasteiger partial charge in [-0.15, -0.1) is 0 Å². The number of anilines is 1. The number of benzene rings is 1. The van der Waals surface area contributed by atoms with Gasteiger partial charge in [-0.2, -0.15) is 0 Å². The third-order valence-corrected chi connectivity index (χ3v) is 1.66. The minimum Gasteiger partial charge on any atom is -0.470 e. The van der Waals surface area contributed by atoms with E-state index in [1.54, 1.807) is 0 Å². The maximum absolute atomic E-state index is 10.4. The third-order valence-electron chi connectivity index (χ3n) is 1.66. The zero-order valence-corrected chi connectivity index (χ0v) is 7.86. The van der Waals surface area contributed by atoms with Crippen LogP contribution in [0.15, 0.2) is 24.3 Å². The van der Waals surface area contributed by atoms with E-state index in [1.165, 1.54) is 4.90 Å². The van der Waals surface area contributed by atoms with Gasteiger partial charge in [-0.1, -0.05) is 26.0 Å². The lowest BCUT2D eigenvalue weighted by Crippen LogP contribution is -2.19. The van der Waals surface area contributed by atoms with Crippen molar-refractivity contribution in [2.45, 2.75) is 13.8 Å². The van der Waals surface area contributed by atoms with Gasteiger partial charge in [0.1, 0.15) is 5.75 Å². The number of carbonyl (C=O) groups is 1. The minimum atomic E-state index is 0.336. The lowest BCUT2D eigenvalue weighted by molar-refractivity contribution is -0.107. The molecule has 0 saturated heterocycles. The summed E-state index contributed by atoms with van der Waals surface area (Å²) < 4.78 is 5.20. The standard InChI is InChI=1S/C8H7NO2.C2H6/c10-5-9-6-11-8-4-2-1-3-7(8)9;1-2/h1-5H,6H2;1-2H3. The Morgan fingerprint density at radius 1 is 1.38 bits per heavy atom. The molecule has 0 aliphatic carbocycles. The van der Waals surface area contributed by atoms with Crippen molar-refractivity contribution in [1.82, 2.24) is 0 Å². The molecule has 0 fully saturated rings. The van der Waals surface area contributed by atoms with Crippen molar-refractivity contribution >= 4 is 12.1 Å². The molecule has 1 amide bonds. The molecule has 1 aliphatic rings. The molecule has 0 saturated carbocycles. The van der Waals surface area contributed by atoms with Crippen molar-refractivity contribution in [3.63, 3.8) is 0 Å². The molecule has 2 rings (SSSR count). The topological polar surface area (TPSA) is 29.5 Å². The Morgan fingerprint density at radius 3 is 2.77 bits per heavy atom. The normalized spacial score (nSPS) is 12.3. The van der Waals surface area contributed by atoms with E-state index in [0.717, 1.165) is 17.8 Å². The molecule has 70 valence electrons. The largest absolute Gasteiger partial charge is 0.470 e. The number of carbonyl (C=O) groups excluding carboxylic acids is 1. The van der Waals surface area contributed by atoms with Crippen LogP contribution < -0.4 is 9.64 Å². The van der Waals surface area contributed by atoms with Crippen molar-refractivity contribution in [3.8, 4) is 5.75 Å². The van der Waals surface area contributed by atoms with E-state index in [0.29, 0.717) is 6.73 Å². The fraction of sp³-hybridized carbons (Fsp3) is 0.300. The summed E-state index contributed by atoms with van der Waals surface area (Å²) in [5.41, 5.74) is 0.850. The van der Waals surface area contributed by atoms with Gasteiger partial charge in [0, 0.05) is 0 Å². The van der Waals surface area contributed by atoms with Crippen LogP contribution in [0.25, 0.3) is 0 Å². The second-order valence-corrected chi connectivity index (χ2v) is 2.32. The van der Waals surface area contributed by atoms with Crippen molar-refractivity contribution < 1.29 is 9.53 Å². The molecule has 0 radical (unpaired) electrons. The molecule has 13 heavy (non-hydrogen) atoms. The van der Waals surface area contributed by atoms with E-state index < -0.39 is 0 Å². The van der Waals surface area contributed by atoms with E-state index in [9.17, 15) is 4.79 Å². The van der Waals surface area contributed by atoms with Crippen LogP contribution in [0, 0.1) is 0 Å². The highest BCUT2D eigenvalue weighted by Crippen LogP contribution is 2.31. The predicted octanol–water partition coefficient (Wildman–Crippen LogP) is 2.03. The Hall–Kier alpha value is -1.51. The van der Waals surface area contributed by atoms with Gasteiger partial charge in [0.25, 0.3) is 0 Å². The zero-order valence-electron chi connectivity index (χ0n) is 7.86. The van der Waals surface area contributed by atoms with Crippen LogP contribution in [0.2, 0.25) is 0 Å². The quantitative estimate of drug-likeness (QED) is 0.617. The first-order chi connectivity index (χ1) is 6.42. The summed E-state index contributed by atoms with van der Waals surface area (Å²) in [5.74, 6) is 0.777. The van der Waals surface area contributed by atoms with Crippen LogP contribution in [0.4, 0.5) is 5.69 Å². The lowest BCUT2D eigenvalue weighted by atomic mass is 10.3. The molecule has 0 spiro atoms. The molecule has 1 heterocycles. The third kappa shape index (κ3) is 1.80. The number of amides is 1. The highest BCUT2D eigenvalue weighted by molar-refractivity contribution is 5.80. The summed E-state index contributed by atoms with van der Waals surface area (Å²) in [6.45, 7) is 4.34. The zero-order chi connectivity index (χ0) is 9.68. The van der Waals surface area contributed by atoms with Crippen molar-refractivity contribution in [2.75, 3.05) is 11.6 Å². The number of fused-ring (bicyclic) bond motifs is 1. The maximum atomic E-state index is 10.4. The summed E-state index contributed by atoms with van der Waals surface area (Å²) in [7, 11) is 0. The van der Waals surface area contributed by atoms with Gasteiger partial charge in [-0.3, -0.25) is 9.69 Å². The average molecular weight is 179 g/mol. The van der Waals surface area contributed by atoms with E-state index in [1.807, 2.05) is 38.1 Å². The summed E-state index contributed by atoms with van der Waals surface area (Å²) in [4.78, 5) is 11.9. The number of rotatable bonds is 1. The first-order valence-corrected chi connectivity index (χ1v) is 4.35. The highest BCUT2D eigenvalue weighted by atomic mass is 16.5. The lowest BCUT2D eigenvalue weighted by Gasteiger charge is -2.03. The van der Waals surface area contributed by atoms with Gasteiger partial charge in [-0.25, -0.2) is 0 Å². The second kappa shape index (κ2) is 4.50. The molecular formula is C10H13NO2. The van der Waals surface area contributed by atoms with Crippen LogP contribution in [-0.4, -0.2) is 13.1 Å². The Labute approximate surface area is 77.9 Å². The van der Waals surface area contributed by atoms with Gasteiger partial charge in [0.15, 0.2) is 6.73 Å². The first kappa shape index (κ1) is 9.58. The van der Waals surface area contributed by atoms with Gasteiger partial charge in [-0.05, 0) is 12.1 Å². The van der Waals surface area contributed by atoms with Crippen LogP contribution >= 0.6 is 0 Å². The predicted molar refractivity (Wildman–Crippen MR) is 51.8 cm³/mol. The van der Waals surface area contributed by atoms with Crippen LogP contribution in [0.1, 0.15) is 13.8 Å². The van der Waals surface area contributed by atoms with Crippen molar-refractivity contribution in [3.05, 3.63) is 24.3 Å². The molecule has 3 heteroatoms. The molecule has 3 nitrogen and oxygen atoms in total. The summed E-state index contributed by atoms with van der Waals surface area (Å²) in [5, 5.41) is 0. The molecule has 0 unspecified atom stereocenters. The van der Waals surface area contributed by atoms with E-state index in [-0.39, 0.29) is 0 Å². The first-order valence-electron chi connectivity index (χ1n) is 4.35. The SMILES string of the molecule is CC.O=CN1COc2ccccc21. The van der Waals surface area contributed by atoms with E-state index in [4.69, 9.17) is 4.74 Å². The summed E-state index contributed by atoms with van der Waals surface area (Å²) in [6.07, 6.45) is 0.770. The number of para-hydroxylation sites is 2. The Bertz CT molecular complexity index is 286. The number of hydrogen-bond donors (Lipinski definition) is 0. The number of ether oxygens (including phenoxy) is 1. The molecule has 0 bridgehead atoms. The molecular weight excluding hydrogens is 166 g/mol.